The van der Waals surface area contributed by atoms with E-state index in [1.807, 2.05) is 38.1 Å². The monoisotopic (exact) mass is 431 g/mol. The maximum absolute atomic E-state index is 13.0. The molecule has 1 saturated heterocycles. The lowest BCUT2D eigenvalue weighted by Gasteiger charge is -2.25. The van der Waals surface area contributed by atoms with Crippen LogP contribution in [0.2, 0.25) is 0 Å². The van der Waals surface area contributed by atoms with Crippen molar-refractivity contribution in [3.8, 4) is 5.75 Å². The number of ether oxygens (including phenoxy) is 3. The van der Waals surface area contributed by atoms with Crippen LogP contribution in [-0.2, 0) is 32.2 Å². The number of carbonyl (C=O) groups is 2. The van der Waals surface area contributed by atoms with Gasteiger partial charge in [-0.15, -0.1) is 0 Å². The third kappa shape index (κ3) is 5.83. The highest BCUT2D eigenvalue weighted by atomic mass is 16.5. The van der Waals surface area contributed by atoms with Crippen molar-refractivity contribution in [1.29, 1.82) is 0 Å². The maximum atomic E-state index is 13.0. The zero-order valence-corrected chi connectivity index (χ0v) is 18.4. The first-order valence-electron chi connectivity index (χ1n) is 10.1. The minimum atomic E-state index is -0.369. The molecule has 0 radical (unpaired) electrons. The van der Waals surface area contributed by atoms with Gasteiger partial charge < -0.3 is 28.5 Å². The molecule has 1 fully saturated rings. The Bertz CT molecular complexity index is 893. The average molecular weight is 431 g/mol. The molecule has 9 heteroatoms. The van der Waals surface area contributed by atoms with Gasteiger partial charge in [0.25, 0.3) is 0 Å². The number of benzene rings is 1. The fraction of sp³-hybridized carbons (Fsp3) is 0.500. The first kappa shape index (κ1) is 22.8. The molecule has 1 aromatic heterocycles. The Morgan fingerprint density at radius 2 is 2.06 bits per heavy atom. The molecule has 2 heterocycles. The first-order chi connectivity index (χ1) is 14.9. The molecule has 2 aromatic rings. The van der Waals surface area contributed by atoms with E-state index in [4.69, 9.17) is 18.7 Å². The number of nitrogens with zero attached hydrogens (tertiary/aromatic N) is 3. The Hall–Kier alpha value is -2.91. The molecule has 0 spiro atoms. The lowest BCUT2D eigenvalue weighted by Crippen LogP contribution is -2.41. The van der Waals surface area contributed by atoms with Crippen molar-refractivity contribution in [2.24, 2.45) is 0 Å². The van der Waals surface area contributed by atoms with E-state index in [9.17, 15) is 9.59 Å². The topological polar surface area (TPSA) is 94.3 Å². The lowest BCUT2D eigenvalue weighted by atomic mass is 10.2. The number of hydrogen-bond acceptors (Lipinski definition) is 7. The Kier molecular flexibility index (Phi) is 7.64. The number of amides is 2. The van der Waals surface area contributed by atoms with Crippen LogP contribution in [-0.4, -0.2) is 73.3 Å². The van der Waals surface area contributed by atoms with Gasteiger partial charge in [-0.1, -0.05) is 17.3 Å². The zero-order chi connectivity index (χ0) is 22.4. The summed E-state index contributed by atoms with van der Waals surface area (Å²) in [7, 11) is 3.06. The molecular weight excluding hydrogens is 402 g/mol. The standard InChI is InChI=1S/C22H29N3O6/c1-15-20(16(2)31-23-15)13-30-19-10-24(9-17-6-5-7-18(8-17)29-4)21(26)12-25(11-19)22(27)14-28-3/h5-8,19H,9-14H2,1-4H3/t19-/m0/s1. The summed E-state index contributed by atoms with van der Waals surface area (Å²) < 4.78 is 21.6. The van der Waals surface area contributed by atoms with Crippen LogP contribution in [0.25, 0.3) is 0 Å². The molecule has 31 heavy (non-hydrogen) atoms. The summed E-state index contributed by atoms with van der Waals surface area (Å²) in [5, 5.41) is 3.95. The van der Waals surface area contributed by atoms with Crippen molar-refractivity contribution in [3.05, 3.63) is 46.8 Å². The first-order valence-corrected chi connectivity index (χ1v) is 10.1. The summed E-state index contributed by atoms with van der Waals surface area (Å²) in [5.74, 6) is 1.03. The number of aromatic nitrogens is 1. The highest BCUT2D eigenvalue weighted by molar-refractivity contribution is 5.86. The summed E-state index contributed by atoms with van der Waals surface area (Å²) >= 11 is 0. The molecule has 1 atom stereocenters. The van der Waals surface area contributed by atoms with Crippen molar-refractivity contribution < 1.29 is 28.3 Å². The van der Waals surface area contributed by atoms with E-state index in [-0.39, 0.29) is 31.1 Å². The molecule has 0 bridgehead atoms. The summed E-state index contributed by atoms with van der Waals surface area (Å²) in [6.45, 7) is 4.93. The summed E-state index contributed by atoms with van der Waals surface area (Å²) in [5.41, 5.74) is 2.58. The van der Waals surface area contributed by atoms with E-state index in [1.54, 1.807) is 12.0 Å². The van der Waals surface area contributed by atoms with Gasteiger partial charge in [-0.3, -0.25) is 9.59 Å². The van der Waals surface area contributed by atoms with E-state index in [1.165, 1.54) is 12.0 Å². The van der Waals surface area contributed by atoms with Crippen molar-refractivity contribution in [3.63, 3.8) is 0 Å². The normalized spacial score (nSPS) is 17.0. The van der Waals surface area contributed by atoms with E-state index < -0.39 is 0 Å². The summed E-state index contributed by atoms with van der Waals surface area (Å²) in [6, 6.07) is 7.57. The van der Waals surface area contributed by atoms with Gasteiger partial charge in [0.15, 0.2) is 0 Å². The molecule has 1 aliphatic heterocycles. The molecule has 3 rings (SSSR count). The molecule has 0 unspecified atom stereocenters. The Balaban J connectivity index is 1.77. The van der Waals surface area contributed by atoms with E-state index >= 15 is 0 Å². The highest BCUT2D eigenvalue weighted by Gasteiger charge is 2.31. The third-order valence-electron chi connectivity index (χ3n) is 5.30. The smallest absolute Gasteiger partial charge is 0.249 e. The quantitative estimate of drug-likeness (QED) is 0.628. The van der Waals surface area contributed by atoms with Gasteiger partial charge in [0.2, 0.25) is 11.8 Å². The van der Waals surface area contributed by atoms with Gasteiger partial charge in [0.05, 0.1) is 32.1 Å². The van der Waals surface area contributed by atoms with Crippen LogP contribution in [0, 0.1) is 13.8 Å². The second-order valence-corrected chi connectivity index (χ2v) is 7.57. The fourth-order valence-corrected chi connectivity index (χ4v) is 3.54. The van der Waals surface area contributed by atoms with Gasteiger partial charge in [-0.25, -0.2) is 0 Å². The second kappa shape index (κ2) is 10.4. The summed E-state index contributed by atoms with van der Waals surface area (Å²) in [6.07, 6.45) is -0.369. The van der Waals surface area contributed by atoms with Gasteiger partial charge in [0.1, 0.15) is 18.1 Å². The third-order valence-corrected chi connectivity index (χ3v) is 5.30. The largest absolute Gasteiger partial charge is 0.497 e. The molecule has 0 N–H and O–H groups in total. The second-order valence-electron chi connectivity index (χ2n) is 7.57. The predicted octanol–water partition coefficient (Wildman–Crippen LogP) is 1.70. The van der Waals surface area contributed by atoms with Crippen LogP contribution in [0.1, 0.15) is 22.6 Å². The number of rotatable bonds is 8. The number of carbonyl (C=O) groups excluding carboxylic acids is 2. The molecule has 1 aliphatic rings. The molecular formula is C22H29N3O6. The van der Waals surface area contributed by atoms with Gasteiger partial charge in [0, 0.05) is 32.3 Å². The minimum Gasteiger partial charge on any atom is -0.497 e. The molecule has 168 valence electrons. The van der Waals surface area contributed by atoms with Crippen molar-refractivity contribution in [1.82, 2.24) is 15.0 Å². The number of aryl methyl sites for hydroxylation is 2. The van der Waals surface area contributed by atoms with E-state index in [0.29, 0.717) is 32.0 Å². The van der Waals surface area contributed by atoms with Crippen LogP contribution >= 0.6 is 0 Å². The Morgan fingerprint density at radius 1 is 1.26 bits per heavy atom. The van der Waals surface area contributed by atoms with E-state index in [0.717, 1.165) is 22.6 Å². The van der Waals surface area contributed by atoms with Crippen LogP contribution < -0.4 is 4.74 Å². The maximum Gasteiger partial charge on any atom is 0.249 e. The minimum absolute atomic E-state index is 0.0165. The number of hydrogen-bond donors (Lipinski definition) is 0. The molecule has 1 aromatic carbocycles. The lowest BCUT2D eigenvalue weighted by molar-refractivity contribution is -0.141. The van der Waals surface area contributed by atoms with Crippen LogP contribution in [0.4, 0.5) is 0 Å². The SMILES string of the molecule is COCC(=O)N1CC(=O)N(Cc2cccc(OC)c2)C[C@H](OCc2c(C)noc2C)C1. The van der Waals surface area contributed by atoms with Gasteiger partial charge in [-0.05, 0) is 31.5 Å². The van der Waals surface area contributed by atoms with Crippen LogP contribution in [0.3, 0.4) is 0 Å². The molecule has 9 nitrogen and oxygen atoms in total. The highest BCUT2D eigenvalue weighted by Crippen LogP contribution is 2.19. The van der Waals surface area contributed by atoms with Gasteiger partial charge >= 0.3 is 0 Å². The Morgan fingerprint density at radius 3 is 2.74 bits per heavy atom. The number of methoxy groups -OCH3 is 2. The predicted molar refractivity (Wildman–Crippen MR) is 111 cm³/mol. The average Bonchev–Trinajstić information content (AvgIpc) is 2.98. The molecule has 0 saturated carbocycles. The molecule has 0 aliphatic carbocycles. The van der Waals surface area contributed by atoms with Crippen LogP contribution in [0.5, 0.6) is 5.75 Å². The van der Waals surface area contributed by atoms with Crippen LogP contribution in [0.15, 0.2) is 28.8 Å². The van der Waals surface area contributed by atoms with Gasteiger partial charge in [-0.2, -0.15) is 0 Å². The zero-order valence-electron chi connectivity index (χ0n) is 18.4. The summed E-state index contributed by atoms with van der Waals surface area (Å²) in [4.78, 5) is 28.6. The Labute approximate surface area is 181 Å². The van der Waals surface area contributed by atoms with Crippen molar-refractivity contribution in [2.75, 3.05) is 40.5 Å². The van der Waals surface area contributed by atoms with E-state index in [2.05, 4.69) is 5.16 Å². The van der Waals surface area contributed by atoms with Crippen molar-refractivity contribution in [2.45, 2.75) is 33.1 Å². The van der Waals surface area contributed by atoms with Crippen molar-refractivity contribution >= 4 is 11.8 Å². The molecule has 2 amide bonds. The fourth-order valence-electron chi connectivity index (χ4n) is 3.54.